The minimum Gasteiger partial charge on any atom is -0.382 e. The van der Waals surface area contributed by atoms with Gasteiger partial charge in [0.1, 0.15) is 0 Å². The van der Waals surface area contributed by atoms with Crippen LogP contribution in [0.3, 0.4) is 0 Å². The summed E-state index contributed by atoms with van der Waals surface area (Å²) in [6, 6.07) is 7.64. The third kappa shape index (κ3) is 2.18. The molecule has 5 heteroatoms. The average molecular weight is 268 g/mol. The maximum Gasteiger partial charge on any atom is 0.196 e. The Bertz CT molecular complexity index is 463. The zero-order valence-electron chi connectivity index (χ0n) is 10.7. The van der Waals surface area contributed by atoms with Gasteiger partial charge in [0.05, 0.1) is 18.7 Å². The molecule has 0 fully saturated rings. The van der Waals surface area contributed by atoms with Crippen molar-refractivity contribution in [3.05, 3.63) is 29.3 Å². The van der Waals surface area contributed by atoms with E-state index in [4.69, 9.17) is 22.1 Å². The van der Waals surface area contributed by atoms with E-state index < -0.39 is 0 Å². The molecule has 2 N–H and O–H groups in total. The molecule has 0 saturated carbocycles. The van der Waals surface area contributed by atoms with Crippen LogP contribution in [0.25, 0.3) is 0 Å². The molecule has 0 radical (unpaired) electrons. The second-order valence-corrected chi connectivity index (χ2v) is 4.94. The van der Waals surface area contributed by atoms with Crippen LogP contribution in [0, 0.1) is 0 Å². The standard InChI is InChI=1S/C13H18ClN3O/c1-3-13(9-18-2)8-16-12(15)17(13)11-6-4-5-10(14)7-11/h4-7H,3,8-9H2,1-2H3,(H2,15,16). The van der Waals surface area contributed by atoms with Crippen molar-refractivity contribution in [3.8, 4) is 0 Å². The van der Waals surface area contributed by atoms with E-state index >= 15 is 0 Å². The molecular formula is C13H18ClN3O. The summed E-state index contributed by atoms with van der Waals surface area (Å²) in [5.74, 6) is 0.524. The van der Waals surface area contributed by atoms with Crippen LogP contribution < -0.4 is 10.6 Å². The lowest BCUT2D eigenvalue weighted by Crippen LogP contribution is -2.54. The van der Waals surface area contributed by atoms with E-state index in [-0.39, 0.29) is 5.54 Å². The van der Waals surface area contributed by atoms with Crippen molar-refractivity contribution in [2.75, 3.05) is 25.2 Å². The van der Waals surface area contributed by atoms with Crippen LogP contribution in [-0.2, 0) is 4.74 Å². The number of aliphatic imine (C=N–C) groups is 1. The topological polar surface area (TPSA) is 50.9 Å². The summed E-state index contributed by atoms with van der Waals surface area (Å²) in [6.45, 7) is 3.35. The molecule has 18 heavy (non-hydrogen) atoms. The maximum atomic E-state index is 6.05. The van der Waals surface area contributed by atoms with Gasteiger partial charge in [0.25, 0.3) is 0 Å². The van der Waals surface area contributed by atoms with E-state index in [1.54, 1.807) is 7.11 Å². The summed E-state index contributed by atoms with van der Waals surface area (Å²) in [7, 11) is 1.70. The number of nitrogens with two attached hydrogens (primary N) is 1. The highest BCUT2D eigenvalue weighted by Crippen LogP contribution is 2.32. The summed E-state index contributed by atoms with van der Waals surface area (Å²) in [5.41, 5.74) is 6.77. The molecule has 98 valence electrons. The van der Waals surface area contributed by atoms with Gasteiger partial charge in [0, 0.05) is 17.8 Å². The van der Waals surface area contributed by atoms with E-state index in [1.165, 1.54) is 0 Å². The lowest BCUT2D eigenvalue weighted by Gasteiger charge is -2.38. The summed E-state index contributed by atoms with van der Waals surface area (Å²) in [4.78, 5) is 6.39. The molecule has 4 nitrogen and oxygen atoms in total. The molecule has 0 saturated heterocycles. The van der Waals surface area contributed by atoms with Crippen LogP contribution in [0.5, 0.6) is 0 Å². The highest BCUT2D eigenvalue weighted by atomic mass is 35.5. The van der Waals surface area contributed by atoms with Crippen molar-refractivity contribution in [3.63, 3.8) is 0 Å². The smallest absolute Gasteiger partial charge is 0.196 e. The number of benzene rings is 1. The Kier molecular flexibility index (Phi) is 3.78. The Morgan fingerprint density at radius 3 is 2.94 bits per heavy atom. The van der Waals surface area contributed by atoms with Crippen LogP contribution in [0.2, 0.25) is 5.02 Å². The Morgan fingerprint density at radius 2 is 2.33 bits per heavy atom. The number of halogens is 1. The second-order valence-electron chi connectivity index (χ2n) is 4.50. The molecule has 1 aliphatic rings. The molecule has 0 aliphatic carbocycles. The highest BCUT2D eigenvalue weighted by molar-refractivity contribution is 6.31. The SMILES string of the molecule is CCC1(COC)CN=C(N)N1c1cccc(Cl)c1. The van der Waals surface area contributed by atoms with Crippen molar-refractivity contribution < 1.29 is 4.74 Å². The summed E-state index contributed by atoms with van der Waals surface area (Å²) >= 11 is 6.05. The molecule has 1 aromatic carbocycles. The lowest BCUT2D eigenvalue weighted by atomic mass is 9.95. The van der Waals surface area contributed by atoms with Crippen LogP contribution in [0.1, 0.15) is 13.3 Å². The highest BCUT2D eigenvalue weighted by Gasteiger charge is 2.41. The number of methoxy groups -OCH3 is 1. The van der Waals surface area contributed by atoms with Gasteiger partial charge >= 0.3 is 0 Å². The maximum absolute atomic E-state index is 6.05. The molecule has 0 spiro atoms. The predicted molar refractivity (Wildman–Crippen MR) is 75.3 cm³/mol. The quantitative estimate of drug-likeness (QED) is 0.911. The molecule has 0 amide bonds. The first-order valence-corrected chi connectivity index (χ1v) is 6.35. The third-order valence-electron chi connectivity index (χ3n) is 3.38. The third-order valence-corrected chi connectivity index (χ3v) is 3.61. The van der Waals surface area contributed by atoms with Gasteiger partial charge < -0.3 is 15.4 Å². The van der Waals surface area contributed by atoms with Gasteiger partial charge in [0.15, 0.2) is 5.96 Å². The van der Waals surface area contributed by atoms with Crippen LogP contribution in [0.15, 0.2) is 29.3 Å². The van der Waals surface area contributed by atoms with Gasteiger partial charge in [-0.2, -0.15) is 0 Å². The number of hydrogen-bond acceptors (Lipinski definition) is 4. The summed E-state index contributed by atoms with van der Waals surface area (Å²) < 4.78 is 5.35. The fraction of sp³-hybridized carbons (Fsp3) is 0.462. The van der Waals surface area contributed by atoms with Gasteiger partial charge in [-0.25, -0.2) is 0 Å². The van der Waals surface area contributed by atoms with Crippen molar-refractivity contribution in [2.24, 2.45) is 10.7 Å². The largest absolute Gasteiger partial charge is 0.382 e. The van der Waals surface area contributed by atoms with Gasteiger partial charge in [-0.3, -0.25) is 4.99 Å². The number of anilines is 1. The molecule has 1 atom stereocenters. The molecule has 1 aliphatic heterocycles. The zero-order valence-corrected chi connectivity index (χ0v) is 11.4. The molecule has 2 rings (SSSR count). The lowest BCUT2D eigenvalue weighted by molar-refractivity contribution is 0.138. The normalized spacial score (nSPS) is 23.3. The Labute approximate surface area is 112 Å². The first-order chi connectivity index (χ1) is 8.63. The van der Waals surface area contributed by atoms with E-state index in [9.17, 15) is 0 Å². The van der Waals surface area contributed by atoms with Crippen molar-refractivity contribution >= 4 is 23.2 Å². The van der Waals surface area contributed by atoms with Gasteiger partial charge in [-0.05, 0) is 24.6 Å². The summed E-state index contributed by atoms with van der Waals surface area (Å²) in [6.07, 6.45) is 0.900. The molecule has 1 heterocycles. The Morgan fingerprint density at radius 1 is 1.56 bits per heavy atom. The van der Waals surface area contributed by atoms with E-state index in [1.807, 2.05) is 29.2 Å². The van der Waals surface area contributed by atoms with Gasteiger partial charge in [-0.1, -0.05) is 24.6 Å². The molecule has 1 aromatic rings. The van der Waals surface area contributed by atoms with E-state index in [0.29, 0.717) is 24.1 Å². The fourth-order valence-electron chi connectivity index (χ4n) is 2.38. The first kappa shape index (κ1) is 13.2. The molecule has 0 aromatic heterocycles. The fourth-order valence-corrected chi connectivity index (χ4v) is 2.57. The number of hydrogen-bond donors (Lipinski definition) is 1. The van der Waals surface area contributed by atoms with Gasteiger partial charge in [-0.15, -0.1) is 0 Å². The number of nitrogens with zero attached hydrogens (tertiary/aromatic N) is 2. The Hall–Kier alpha value is -1.26. The van der Waals surface area contributed by atoms with Crippen LogP contribution in [0.4, 0.5) is 5.69 Å². The number of guanidine groups is 1. The van der Waals surface area contributed by atoms with Crippen LogP contribution >= 0.6 is 11.6 Å². The van der Waals surface area contributed by atoms with Crippen molar-refractivity contribution in [1.29, 1.82) is 0 Å². The monoisotopic (exact) mass is 267 g/mol. The van der Waals surface area contributed by atoms with Crippen LogP contribution in [-0.4, -0.2) is 31.8 Å². The van der Waals surface area contributed by atoms with E-state index in [0.717, 1.165) is 12.1 Å². The number of ether oxygens (including phenoxy) is 1. The predicted octanol–water partition coefficient (Wildman–Crippen LogP) is 2.27. The van der Waals surface area contributed by atoms with Crippen molar-refractivity contribution in [2.45, 2.75) is 18.9 Å². The van der Waals surface area contributed by atoms with Gasteiger partial charge in [0.2, 0.25) is 0 Å². The first-order valence-electron chi connectivity index (χ1n) is 5.97. The molecular weight excluding hydrogens is 250 g/mol. The minimum atomic E-state index is -0.205. The second kappa shape index (κ2) is 5.16. The zero-order chi connectivity index (χ0) is 13.2. The van der Waals surface area contributed by atoms with Crippen molar-refractivity contribution in [1.82, 2.24) is 0 Å². The average Bonchev–Trinajstić information content (AvgIpc) is 2.68. The molecule has 0 bridgehead atoms. The number of rotatable bonds is 4. The summed E-state index contributed by atoms with van der Waals surface area (Å²) in [5, 5.41) is 0.689. The Balaban J connectivity index is 2.41. The van der Waals surface area contributed by atoms with E-state index in [2.05, 4.69) is 11.9 Å². The molecule has 1 unspecified atom stereocenters. The minimum absolute atomic E-state index is 0.205.